The third kappa shape index (κ3) is 4.40. The number of nitrogens with zero attached hydrogens (tertiary/aromatic N) is 5. The third-order valence-corrected chi connectivity index (χ3v) is 6.56. The number of pyridine rings is 2. The molecule has 4 heterocycles. The van der Waals surface area contributed by atoms with E-state index in [-0.39, 0.29) is 17.0 Å². The Labute approximate surface area is 209 Å². The Morgan fingerprint density at radius 2 is 2.03 bits per heavy atom. The van der Waals surface area contributed by atoms with Crippen LogP contribution in [0, 0.1) is 0 Å². The number of rotatable bonds is 6. The summed E-state index contributed by atoms with van der Waals surface area (Å²) in [4.78, 5) is 31.0. The van der Waals surface area contributed by atoms with E-state index in [0.29, 0.717) is 33.7 Å². The molecule has 1 aliphatic heterocycles. The van der Waals surface area contributed by atoms with Crippen molar-refractivity contribution >= 4 is 45.8 Å². The molecule has 0 aliphatic carbocycles. The molecule has 1 saturated heterocycles. The molecule has 178 valence electrons. The molecule has 1 atom stereocenters. The highest BCUT2D eigenvalue weighted by molar-refractivity contribution is 6.34. The van der Waals surface area contributed by atoms with Gasteiger partial charge < -0.3 is 19.3 Å². The summed E-state index contributed by atoms with van der Waals surface area (Å²) in [5.41, 5.74) is 0.817. The van der Waals surface area contributed by atoms with Crippen molar-refractivity contribution in [2.24, 2.45) is 0 Å². The number of anilines is 1. The van der Waals surface area contributed by atoms with Gasteiger partial charge in [-0.2, -0.15) is 10.2 Å². The first kappa shape index (κ1) is 23.1. The predicted molar refractivity (Wildman–Crippen MR) is 132 cm³/mol. The molecular weight excluding hydrogens is 493 g/mol. The summed E-state index contributed by atoms with van der Waals surface area (Å²) in [6.07, 6.45) is 7.71. The number of hydrogen-bond donors (Lipinski definition) is 1. The lowest BCUT2D eigenvalue weighted by Gasteiger charge is -2.28. The molecule has 0 saturated carbocycles. The second kappa shape index (κ2) is 9.52. The Balaban J connectivity index is 1.58. The molecule has 1 aliphatic rings. The molecule has 1 aromatic carbocycles. The fraction of sp³-hybridized carbons (Fsp3) is 0.208. The molecule has 11 heteroatoms. The lowest BCUT2D eigenvalue weighted by atomic mass is 10.1. The van der Waals surface area contributed by atoms with Crippen LogP contribution in [0.5, 0.6) is 5.88 Å². The van der Waals surface area contributed by atoms with Crippen LogP contribution in [0.15, 0.2) is 59.9 Å². The second-order valence-corrected chi connectivity index (χ2v) is 8.87. The molecule has 3 aromatic heterocycles. The van der Waals surface area contributed by atoms with Crippen molar-refractivity contribution in [3.63, 3.8) is 0 Å². The van der Waals surface area contributed by atoms with Gasteiger partial charge in [0.05, 0.1) is 40.3 Å². The third-order valence-electron chi connectivity index (χ3n) is 5.97. The smallest absolute Gasteiger partial charge is 0.341 e. The lowest BCUT2D eigenvalue weighted by Crippen LogP contribution is -2.34. The molecule has 1 fully saturated rings. The monoisotopic (exact) mass is 511 g/mol. The molecule has 1 N–H and O–H groups in total. The van der Waals surface area contributed by atoms with Crippen molar-refractivity contribution in [3.8, 4) is 11.6 Å². The van der Waals surface area contributed by atoms with Crippen molar-refractivity contribution in [1.82, 2.24) is 19.7 Å². The Morgan fingerprint density at radius 1 is 1.17 bits per heavy atom. The fourth-order valence-corrected chi connectivity index (χ4v) is 4.77. The van der Waals surface area contributed by atoms with E-state index in [1.165, 1.54) is 24.7 Å². The van der Waals surface area contributed by atoms with Gasteiger partial charge in [-0.1, -0.05) is 23.2 Å². The first-order chi connectivity index (χ1) is 16.9. The minimum absolute atomic E-state index is 0.00378. The normalized spacial score (nSPS) is 15.5. The zero-order valence-corrected chi connectivity index (χ0v) is 19.8. The lowest BCUT2D eigenvalue weighted by molar-refractivity contribution is 0.0695. The number of carbonyl (C=O) groups is 1. The van der Waals surface area contributed by atoms with Crippen molar-refractivity contribution < 1.29 is 14.6 Å². The highest BCUT2D eigenvalue weighted by Crippen LogP contribution is 2.36. The van der Waals surface area contributed by atoms with E-state index in [0.717, 1.165) is 25.1 Å². The van der Waals surface area contributed by atoms with E-state index >= 15 is 0 Å². The van der Waals surface area contributed by atoms with E-state index in [1.54, 1.807) is 35.0 Å². The van der Waals surface area contributed by atoms with Gasteiger partial charge in [-0.15, -0.1) is 0 Å². The summed E-state index contributed by atoms with van der Waals surface area (Å²) in [5.74, 6) is -0.955. The van der Waals surface area contributed by atoms with Crippen LogP contribution < -0.4 is 15.1 Å². The maximum absolute atomic E-state index is 13.0. The van der Waals surface area contributed by atoms with Crippen LogP contribution in [-0.2, 0) is 0 Å². The quantitative estimate of drug-likeness (QED) is 0.409. The number of benzene rings is 1. The zero-order chi connectivity index (χ0) is 24.5. The molecule has 9 nitrogen and oxygen atoms in total. The van der Waals surface area contributed by atoms with Gasteiger partial charge in [0.1, 0.15) is 17.2 Å². The summed E-state index contributed by atoms with van der Waals surface area (Å²) in [7, 11) is 0. The van der Waals surface area contributed by atoms with E-state index in [4.69, 9.17) is 27.9 Å². The minimum Gasteiger partial charge on any atom is -0.477 e. The number of halogens is 2. The minimum atomic E-state index is -1.32. The Morgan fingerprint density at radius 3 is 2.77 bits per heavy atom. The number of hydrogen-bond acceptors (Lipinski definition) is 7. The van der Waals surface area contributed by atoms with Gasteiger partial charge in [0.25, 0.3) is 0 Å². The molecule has 5 rings (SSSR count). The van der Waals surface area contributed by atoms with Crippen LogP contribution in [0.3, 0.4) is 0 Å². The summed E-state index contributed by atoms with van der Waals surface area (Å²) in [6.45, 7) is 1.09. The summed E-state index contributed by atoms with van der Waals surface area (Å²) in [6, 6.07) is 8.47. The Hall–Kier alpha value is -3.69. The average molecular weight is 512 g/mol. The molecule has 35 heavy (non-hydrogen) atoms. The SMILES string of the molecule is O=C(O)c1cn(-c2ccnnc2)c2cc(N3CCC[C@@H]3COc3ncccc3Cl)c(Cl)cc2c1=O. The highest BCUT2D eigenvalue weighted by atomic mass is 35.5. The van der Waals surface area contributed by atoms with Crippen molar-refractivity contribution in [2.45, 2.75) is 18.9 Å². The zero-order valence-electron chi connectivity index (χ0n) is 18.3. The number of aromatic carboxylic acids is 1. The van der Waals surface area contributed by atoms with Gasteiger partial charge in [0.15, 0.2) is 0 Å². The van der Waals surface area contributed by atoms with E-state index in [9.17, 15) is 14.7 Å². The van der Waals surface area contributed by atoms with Crippen LogP contribution in [0.2, 0.25) is 10.0 Å². The molecule has 0 unspecified atom stereocenters. The van der Waals surface area contributed by atoms with Crippen LogP contribution in [0.4, 0.5) is 5.69 Å². The molecule has 0 amide bonds. The maximum atomic E-state index is 13.0. The number of carboxylic acid groups (broad SMARTS) is 1. The maximum Gasteiger partial charge on any atom is 0.341 e. The van der Waals surface area contributed by atoms with Crippen molar-refractivity contribution in [2.75, 3.05) is 18.1 Å². The molecule has 0 spiro atoms. The van der Waals surface area contributed by atoms with Gasteiger partial charge in [-0.25, -0.2) is 9.78 Å². The fourth-order valence-electron chi connectivity index (χ4n) is 4.33. The van der Waals surface area contributed by atoms with Crippen molar-refractivity contribution in [3.05, 3.63) is 81.0 Å². The number of carboxylic acids is 1. The number of fused-ring (bicyclic) bond motifs is 1. The summed E-state index contributed by atoms with van der Waals surface area (Å²) in [5, 5.41) is 18.2. The first-order valence-electron chi connectivity index (χ1n) is 10.8. The van der Waals surface area contributed by atoms with Crippen LogP contribution >= 0.6 is 23.2 Å². The Bertz CT molecular complexity index is 1480. The molecule has 0 radical (unpaired) electrons. The first-order valence-corrected chi connectivity index (χ1v) is 11.6. The van der Waals surface area contributed by atoms with Crippen LogP contribution in [-0.4, -0.2) is 50.0 Å². The van der Waals surface area contributed by atoms with Gasteiger partial charge in [-0.3, -0.25) is 4.79 Å². The Kier molecular flexibility index (Phi) is 6.27. The van der Waals surface area contributed by atoms with E-state index in [1.807, 2.05) is 0 Å². The van der Waals surface area contributed by atoms with Gasteiger partial charge in [-0.05, 0) is 43.2 Å². The second-order valence-electron chi connectivity index (χ2n) is 8.06. The standard InChI is InChI=1S/C24H19Cl2N5O4/c25-18-4-1-6-27-23(18)35-13-15-3-2-8-30(15)21-10-20-16(9-19(21)26)22(32)17(24(33)34)12-31(20)14-5-7-28-29-11-14/h1,4-7,9-12,15H,2-3,8,13H2,(H,33,34)/t15-/m1/s1. The van der Waals surface area contributed by atoms with Crippen LogP contribution in [0.25, 0.3) is 16.6 Å². The molecule has 0 bridgehead atoms. The summed E-state index contributed by atoms with van der Waals surface area (Å²) < 4.78 is 7.51. The van der Waals surface area contributed by atoms with Gasteiger partial charge >= 0.3 is 5.97 Å². The number of ether oxygens (including phenoxy) is 1. The van der Waals surface area contributed by atoms with Gasteiger partial charge in [0, 0.05) is 24.3 Å². The molecular formula is C24H19Cl2N5O4. The highest BCUT2D eigenvalue weighted by Gasteiger charge is 2.28. The van der Waals surface area contributed by atoms with Crippen molar-refractivity contribution in [1.29, 1.82) is 0 Å². The predicted octanol–water partition coefficient (Wildman–Crippen LogP) is 4.23. The topological polar surface area (TPSA) is 110 Å². The van der Waals surface area contributed by atoms with E-state index < -0.39 is 11.4 Å². The average Bonchev–Trinajstić information content (AvgIpc) is 3.32. The summed E-state index contributed by atoms with van der Waals surface area (Å²) >= 11 is 12.8. The largest absolute Gasteiger partial charge is 0.477 e. The number of aromatic nitrogens is 4. The van der Waals surface area contributed by atoms with Gasteiger partial charge in [0.2, 0.25) is 11.3 Å². The van der Waals surface area contributed by atoms with E-state index in [2.05, 4.69) is 20.1 Å². The molecule has 4 aromatic rings. The van der Waals surface area contributed by atoms with Crippen LogP contribution in [0.1, 0.15) is 23.2 Å².